The van der Waals surface area contributed by atoms with Crippen LogP contribution in [0.1, 0.15) is 49.2 Å². The summed E-state index contributed by atoms with van der Waals surface area (Å²) in [4.78, 5) is 0. The van der Waals surface area contributed by atoms with Crippen molar-refractivity contribution in [2.75, 3.05) is 0 Å². The first-order valence-electron chi connectivity index (χ1n) is 7.11. The van der Waals surface area contributed by atoms with E-state index < -0.39 is 0 Å². The lowest BCUT2D eigenvalue weighted by atomic mass is 10.1. The smallest absolute Gasteiger partial charge is 0.132 e. The van der Waals surface area contributed by atoms with Gasteiger partial charge in [-0.3, -0.25) is 4.68 Å². The van der Waals surface area contributed by atoms with Crippen LogP contribution in [0.2, 0.25) is 0 Å². The van der Waals surface area contributed by atoms with Gasteiger partial charge in [-0.1, -0.05) is 6.07 Å². The predicted molar refractivity (Wildman–Crippen MR) is 76.7 cm³/mol. The van der Waals surface area contributed by atoms with E-state index in [1.54, 1.807) is 0 Å². The summed E-state index contributed by atoms with van der Waals surface area (Å²) in [5.41, 5.74) is 3.17. The van der Waals surface area contributed by atoms with Gasteiger partial charge in [0.25, 0.3) is 0 Å². The summed E-state index contributed by atoms with van der Waals surface area (Å²) in [6.07, 6.45) is 3.41. The molecule has 0 saturated carbocycles. The maximum Gasteiger partial charge on any atom is 0.132 e. The molecule has 1 atom stereocenters. The molecule has 1 heterocycles. The second-order valence-electron chi connectivity index (χ2n) is 5.58. The number of aliphatic hydroxyl groups excluding tert-OH is 1. The molecule has 0 saturated heterocycles. The fourth-order valence-corrected chi connectivity index (χ4v) is 2.56. The molecule has 1 aliphatic rings. The molecule has 4 nitrogen and oxygen atoms in total. The Labute approximate surface area is 119 Å². The number of hydrogen-bond donors (Lipinski definition) is 1. The Balaban J connectivity index is 1.66. The fraction of sp³-hybridized carbons (Fsp3) is 0.438. The van der Waals surface area contributed by atoms with E-state index in [0.717, 1.165) is 29.8 Å². The molecule has 0 amide bonds. The van der Waals surface area contributed by atoms with Crippen LogP contribution in [0.25, 0.3) is 0 Å². The highest BCUT2D eigenvalue weighted by Crippen LogP contribution is 2.33. The van der Waals surface area contributed by atoms with E-state index in [1.807, 2.05) is 35.1 Å². The molecule has 20 heavy (non-hydrogen) atoms. The minimum absolute atomic E-state index is 0.305. The van der Waals surface area contributed by atoms with E-state index in [2.05, 4.69) is 18.9 Å². The first kappa shape index (κ1) is 13.2. The topological polar surface area (TPSA) is 47.3 Å². The van der Waals surface area contributed by atoms with Crippen molar-refractivity contribution >= 4 is 0 Å². The van der Waals surface area contributed by atoms with Gasteiger partial charge in [-0.25, -0.2) is 0 Å². The van der Waals surface area contributed by atoms with Gasteiger partial charge in [0.2, 0.25) is 0 Å². The molecule has 2 aromatic rings. The van der Waals surface area contributed by atoms with Crippen LogP contribution in [-0.4, -0.2) is 14.9 Å². The average Bonchev–Trinajstić information content (AvgIpc) is 3.04. The Morgan fingerprint density at radius 3 is 3.00 bits per heavy atom. The summed E-state index contributed by atoms with van der Waals surface area (Å²) in [5, 5.41) is 14.2. The first-order chi connectivity index (χ1) is 9.63. The van der Waals surface area contributed by atoms with Gasteiger partial charge in [0.15, 0.2) is 0 Å². The number of aliphatic hydroxyl groups is 1. The second kappa shape index (κ2) is 5.29. The Kier molecular flexibility index (Phi) is 3.49. The number of fused-ring (bicyclic) bond motifs is 1. The summed E-state index contributed by atoms with van der Waals surface area (Å²) < 4.78 is 7.72. The summed E-state index contributed by atoms with van der Waals surface area (Å²) >= 11 is 0. The zero-order chi connectivity index (χ0) is 14.1. The third-order valence-electron chi connectivity index (χ3n) is 3.74. The Morgan fingerprint density at radius 2 is 2.25 bits per heavy atom. The third-order valence-corrected chi connectivity index (χ3v) is 3.74. The van der Waals surface area contributed by atoms with Crippen LogP contribution in [0.15, 0.2) is 30.5 Å². The number of hydrogen-bond acceptors (Lipinski definition) is 3. The van der Waals surface area contributed by atoms with Crippen LogP contribution in [0.4, 0.5) is 0 Å². The van der Waals surface area contributed by atoms with E-state index in [4.69, 9.17) is 4.74 Å². The highest BCUT2D eigenvalue weighted by molar-refractivity contribution is 5.39. The van der Waals surface area contributed by atoms with Gasteiger partial charge in [0, 0.05) is 12.2 Å². The molecule has 1 unspecified atom stereocenters. The predicted octanol–water partition coefficient (Wildman–Crippen LogP) is 3.02. The number of aromatic nitrogens is 2. The highest BCUT2D eigenvalue weighted by atomic mass is 16.5. The van der Waals surface area contributed by atoms with Gasteiger partial charge in [-0.05, 0) is 56.0 Å². The third kappa shape index (κ3) is 2.56. The molecule has 0 fully saturated rings. The van der Waals surface area contributed by atoms with E-state index in [0.29, 0.717) is 12.6 Å². The molecule has 1 aromatic heterocycles. The Bertz CT molecular complexity index is 604. The molecule has 1 aromatic carbocycles. The standard InChI is InChI=1S/C16H20N2O2/c1-11(2)18-8-7-13(17-18)10-20-14-4-5-15-12(9-14)3-6-16(15)19/h4-5,7-9,11,16,19H,3,6,10H2,1-2H3. The van der Waals surface area contributed by atoms with Crippen LogP contribution >= 0.6 is 0 Å². The van der Waals surface area contributed by atoms with Crippen molar-refractivity contribution in [1.82, 2.24) is 9.78 Å². The average molecular weight is 272 g/mol. The zero-order valence-electron chi connectivity index (χ0n) is 11.9. The van der Waals surface area contributed by atoms with Crippen LogP contribution in [0.3, 0.4) is 0 Å². The lowest BCUT2D eigenvalue weighted by Crippen LogP contribution is -2.03. The van der Waals surface area contributed by atoms with Crippen LogP contribution in [-0.2, 0) is 13.0 Å². The largest absolute Gasteiger partial charge is 0.487 e. The molecule has 0 aliphatic heterocycles. The molecule has 1 aliphatic carbocycles. The van der Waals surface area contributed by atoms with Gasteiger partial charge < -0.3 is 9.84 Å². The second-order valence-corrected chi connectivity index (χ2v) is 5.58. The summed E-state index contributed by atoms with van der Waals surface area (Å²) in [6, 6.07) is 8.27. The quantitative estimate of drug-likeness (QED) is 0.930. The number of rotatable bonds is 4. The van der Waals surface area contributed by atoms with Crippen molar-refractivity contribution in [3.05, 3.63) is 47.3 Å². The monoisotopic (exact) mass is 272 g/mol. The fourth-order valence-electron chi connectivity index (χ4n) is 2.56. The van der Waals surface area contributed by atoms with E-state index in [1.165, 1.54) is 5.56 Å². The maximum atomic E-state index is 9.78. The number of ether oxygens (including phenoxy) is 1. The molecular weight excluding hydrogens is 252 g/mol. The van der Waals surface area contributed by atoms with Crippen LogP contribution < -0.4 is 4.74 Å². The van der Waals surface area contributed by atoms with E-state index in [9.17, 15) is 5.11 Å². The molecular formula is C16H20N2O2. The van der Waals surface area contributed by atoms with E-state index in [-0.39, 0.29) is 6.10 Å². The van der Waals surface area contributed by atoms with Crippen molar-refractivity contribution < 1.29 is 9.84 Å². The zero-order valence-corrected chi connectivity index (χ0v) is 11.9. The molecule has 0 bridgehead atoms. The highest BCUT2D eigenvalue weighted by Gasteiger charge is 2.20. The molecule has 3 rings (SSSR count). The lowest BCUT2D eigenvalue weighted by Gasteiger charge is -2.08. The van der Waals surface area contributed by atoms with Gasteiger partial charge in [0.05, 0.1) is 11.8 Å². The van der Waals surface area contributed by atoms with Gasteiger partial charge in [-0.15, -0.1) is 0 Å². The Morgan fingerprint density at radius 1 is 1.40 bits per heavy atom. The van der Waals surface area contributed by atoms with Crippen LogP contribution in [0, 0.1) is 0 Å². The summed E-state index contributed by atoms with van der Waals surface area (Å²) in [5.74, 6) is 0.844. The molecule has 0 spiro atoms. The normalized spacial score (nSPS) is 17.5. The number of benzene rings is 1. The van der Waals surface area contributed by atoms with Gasteiger partial charge in [0.1, 0.15) is 12.4 Å². The van der Waals surface area contributed by atoms with Crippen molar-refractivity contribution in [2.45, 2.75) is 45.4 Å². The minimum atomic E-state index is -0.305. The molecule has 0 radical (unpaired) electrons. The summed E-state index contributed by atoms with van der Waals surface area (Å²) in [7, 11) is 0. The molecule has 1 N–H and O–H groups in total. The lowest BCUT2D eigenvalue weighted by molar-refractivity contribution is 0.180. The maximum absolute atomic E-state index is 9.78. The minimum Gasteiger partial charge on any atom is -0.487 e. The number of nitrogens with zero attached hydrogens (tertiary/aromatic N) is 2. The van der Waals surface area contributed by atoms with E-state index >= 15 is 0 Å². The molecule has 4 heteroatoms. The SMILES string of the molecule is CC(C)n1ccc(COc2ccc3c(c2)CCC3O)n1. The molecule has 106 valence electrons. The van der Waals surface area contributed by atoms with Crippen molar-refractivity contribution in [3.63, 3.8) is 0 Å². The van der Waals surface area contributed by atoms with Crippen molar-refractivity contribution in [2.24, 2.45) is 0 Å². The first-order valence-corrected chi connectivity index (χ1v) is 7.11. The Hall–Kier alpha value is -1.81. The van der Waals surface area contributed by atoms with Crippen LogP contribution in [0.5, 0.6) is 5.75 Å². The van der Waals surface area contributed by atoms with Gasteiger partial charge >= 0.3 is 0 Å². The van der Waals surface area contributed by atoms with Crippen molar-refractivity contribution in [3.8, 4) is 5.75 Å². The number of aryl methyl sites for hydroxylation is 1. The van der Waals surface area contributed by atoms with Crippen molar-refractivity contribution in [1.29, 1.82) is 0 Å². The van der Waals surface area contributed by atoms with Gasteiger partial charge in [-0.2, -0.15) is 5.10 Å². The summed E-state index contributed by atoms with van der Waals surface area (Å²) in [6.45, 7) is 4.67.